The smallest absolute Gasteiger partial charge is 0.141 e. The third kappa shape index (κ3) is 2.67. The van der Waals surface area contributed by atoms with Crippen molar-refractivity contribution in [3.8, 4) is 0 Å². The topological polar surface area (TPSA) is 63.0 Å². The van der Waals surface area contributed by atoms with Gasteiger partial charge in [0, 0.05) is 28.7 Å². The van der Waals surface area contributed by atoms with Gasteiger partial charge < -0.3 is 10.7 Å². The lowest BCUT2D eigenvalue weighted by molar-refractivity contribution is 1.23. The number of nitrogens with one attached hydrogen (secondary N) is 2. The summed E-state index contributed by atoms with van der Waals surface area (Å²) in [7, 11) is 0. The summed E-state index contributed by atoms with van der Waals surface area (Å²) < 4.78 is 0. The van der Waals surface area contributed by atoms with Crippen molar-refractivity contribution in [1.29, 1.82) is 0 Å². The lowest BCUT2D eigenvalue weighted by Crippen LogP contribution is -2.08. The van der Waals surface area contributed by atoms with Gasteiger partial charge in [-0.05, 0) is 30.7 Å². The fourth-order valence-corrected chi connectivity index (χ4v) is 1.66. The first-order valence-electron chi connectivity index (χ1n) is 5.15. The maximum Gasteiger partial charge on any atom is 0.141 e. The highest BCUT2D eigenvalue weighted by atomic mass is 35.5. The molecule has 0 aliphatic rings. The van der Waals surface area contributed by atoms with Gasteiger partial charge in [-0.3, -0.25) is 0 Å². The van der Waals surface area contributed by atoms with Crippen LogP contribution in [0, 0.1) is 6.92 Å². The Morgan fingerprint density at radius 3 is 2.88 bits per heavy atom. The SMILES string of the molecule is Cc1c(Cl)cccc1Nc1ccnc(NN)c1. The molecule has 0 amide bonds. The van der Waals surface area contributed by atoms with E-state index in [-0.39, 0.29) is 0 Å². The van der Waals surface area contributed by atoms with Crippen LogP contribution in [0.3, 0.4) is 0 Å². The Morgan fingerprint density at radius 2 is 2.12 bits per heavy atom. The molecule has 88 valence electrons. The van der Waals surface area contributed by atoms with Gasteiger partial charge in [-0.15, -0.1) is 0 Å². The van der Waals surface area contributed by atoms with E-state index < -0.39 is 0 Å². The van der Waals surface area contributed by atoms with Crippen LogP contribution in [-0.4, -0.2) is 4.98 Å². The number of benzene rings is 1. The lowest BCUT2D eigenvalue weighted by Gasteiger charge is -2.11. The second kappa shape index (κ2) is 5.03. The summed E-state index contributed by atoms with van der Waals surface area (Å²) in [6.45, 7) is 1.97. The summed E-state index contributed by atoms with van der Waals surface area (Å²) in [6.07, 6.45) is 1.68. The molecule has 0 atom stereocenters. The first kappa shape index (κ1) is 11.7. The zero-order chi connectivity index (χ0) is 12.3. The van der Waals surface area contributed by atoms with Crippen LogP contribution in [0.5, 0.6) is 0 Å². The van der Waals surface area contributed by atoms with Gasteiger partial charge in [-0.25, -0.2) is 10.8 Å². The van der Waals surface area contributed by atoms with Crippen LogP contribution < -0.4 is 16.6 Å². The molecule has 0 spiro atoms. The highest BCUT2D eigenvalue weighted by molar-refractivity contribution is 6.31. The number of nitrogen functional groups attached to an aromatic ring is 1. The number of halogens is 1. The molecule has 0 bridgehead atoms. The molecule has 0 aliphatic heterocycles. The Balaban J connectivity index is 2.28. The summed E-state index contributed by atoms with van der Waals surface area (Å²) in [4.78, 5) is 4.04. The monoisotopic (exact) mass is 248 g/mol. The Kier molecular flexibility index (Phi) is 3.46. The van der Waals surface area contributed by atoms with Gasteiger partial charge in [0.05, 0.1) is 0 Å². The van der Waals surface area contributed by atoms with Crippen LogP contribution in [-0.2, 0) is 0 Å². The van der Waals surface area contributed by atoms with Crippen molar-refractivity contribution in [2.75, 3.05) is 10.7 Å². The molecule has 5 heteroatoms. The molecule has 0 fully saturated rings. The number of anilines is 3. The Hall–Kier alpha value is -1.78. The third-order valence-electron chi connectivity index (χ3n) is 2.45. The summed E-state index contributed by atoms with van der Waals surface area (Å²) in [6, 6.07) is 9.42. The highest BCUT2D eigenvalue weighted by Gasteiger charge is 2.02. The van der Waals surface area contributed by atoms with Gasteiger partial charge in [-0.2, -0.15) is 0 Å². The van der Waals surface area contributed by atoms with Crippen molar-refractivity contribution in [2.24, 2.45) is 5.84 Å². The first-order valence-corrected chi connectivity index (χ1v) is 5.53. The van der Waals surface area contributed by atoms with E-state index in [0.29, 0.717) is 5.82 Å². The molecule has 17 heavy (non-hydrogen) atoms. The molecule has 1 aromatic heterocycles. The zero-order valence-corrected chi connectivity index (χ0v) is 10.1. The van der Waals surface area contributed by atoms with Crippen LogP contribution in [0.25, 0.3) is 0 Å². The molecule has 0 saturated heterocycles. The van der Waals surface area contributed by atoms with E-state index in [9.17, 15) is 0 Å². The van der Waals surface area contributed by atoms with Crippen LogP contribution in [0.4, 0.5) is 17.2 Å². The normalized spacial score (nSPS) is 10.1. The van der Waals surface area contributed by atoms with E-state index in [0.717, 1.165) is 22.0 Å². The van der Waals surface area contributed by atoms with Gasteiger partial charge in [0.15, 0.2) is 0 Å². The molecule has 4 nitrogen and oxygen atoms in total. The van der Waals surface area contributed by atoms with Crippen LogP contribution in [0.15, 0.2) is 36.5 Å². The quantitative estimate of drug-likeness (QED) is 0.577. The van der Waals surface area contributed by atoms with E-state index in [1.807, 2.05) is 37.3 Å². The fraction of sp³-hybridized carbons (Fsp3) is 0.0833. The van der Waals surface area contributed by atoms with Gasteiger partial charge in [0.2, 0.25) is 0 Å². The molecule has 0 unspecified atom stereocenters. The van der Waals surface area contributed by atoms with Crippen molar-refractivity contribution in [3.05, 3.63) is 47.1 Å². The second-order valence-electron chi connectivity index (χ2n) is 3.61. The molecule has 0 radical (unpaired) electrons. The molecule has 1 heterocycles. The maximum absolute atomic E-state index is 6.05. The average molecular weight is 249 g/mol. The van der Waals surface area contributed by atoms with Gasteiger partial charge in [0.25, 0.3) is 0 Å². The molecule has 2 rings (SSSR count). The number of hydrazine groups is 1. The summed E-state index contributed by atoms with van der Waals surface area (Å²) in [5, 5.41) is 4.00. The largest absolute Gasteiger partial charge is 0.355 e. The standard InChI is InChI=1S/C12H13ClN4/c1-8-10(13)3-2-4-11(8)16-9-5-6-15-12(7-9)17-14/h2-7H,14H2,1H3,(H2,15,16,17). The van der Waals surface area contributed by atoms with Gasteiger partial charge >= 0.3 is 0 Å². The van der Waals surface area contributed by atoms with Crippen LogP contribution in [0.2, 0.25) is 5.02 Å². The number of pyridine rings is 1. The van der Waals surface area contributed by atoms with E-state index >= 15 is 0 Å². The van der Waals surface area contributed by atoms with E-state index in [1.54, 1.807) is 6.20 Å². The first-order chi connectivity index (χ1) is 8.20. The number of hydrogen-bond donors (Lipinski definition) is 3. The summed E-state index contributed by atoms with van der Waals surface area (Å²) in [5.74, 6) is 5.91. The van der Waals surface area contributed by atoms with Gasteiger partial charge in [0.1, 0.15) is 5.82 Å². The Bertz CT molecular complexity index is 528. The summed E-state index contributed by atoms with van der Waals surface area (Å²) >= 11 is 6.05. The number of hydrogen-bond acceptors (Lipinski definition) is 4. The number of nitrogens with two attached hydrogens (primary N) is 1. The Labute approximate surface area is 105 Å². The second-order valence-corrected chi connectivity index (χ2v) is 4.02. The predicted molar refractivity (Wildman–Crippen MR) is 71.5 cm³/mol. The minimum atomic E-state index is 0.606. The molecule has 4 N–H and O–H groups in total. The molecular formula is C12H13ClN4. The van der Waals surface area contributed by atoms with Gasteiger partial charge in [-0.1, -0.05) is 17.7 Å². The minimum Gasteiger partial charge on any atom is -0.355 e. The Morgan fingerprint density at radius 1 is 1.29 bits per heavy atom. The molecule has 2 aromatic rings. The number of aromatic nitrogens is 1. The van der Waals surface area contributed by atoms with E-state index in [2.05, 4.69) is 15.7 Å². The lowest BCUT2D eigenvalue weighted by atomic mass is 10.2. The third-order valence-corrected chi connectivity index (χ3v) is 2.86. The number of nitrogens with zero attached hydrogens (tertiary/aromatic N) is 1. The molecule has 0 saturated carbocycles. The van der Waals surface area contributed by atoms with Crippen LogP contribution in [0.1, 0.15) is 5.56 Å². The predicted octanol–water partition coefficient (Wildman–Crippen LogP) is 3.07. The average Bonchev–Trinajstić information content (AvgIpc) is 2.35. The highest BCUT2D eigenvalue weighted by Crippen LogP contribution is 2.26. The molecular weight excluding hydrogens is 236 g/mol. The van der Waals surface area contributed by atoms with Crippen molar-refractivity contribution in [3.63, 3.8) is 0 Å². The van der Waals surface area contributed by atoms with Crippen LogP contribution >= 0.6 is 11.6 Å². The molecule has 0 aliphatic carbocycles. The number of rotatable bonds is 3. The van der Waals surface area contributed by atoms with Crippen molar-refractivity contribution in [2.45, 2.75) is 6.92 Å². The van der Waals surface area contributed by atoms with Crippen molar-refractivity contribution < 1.29 is 0 Å². The van der Waals surface area contributed by atoms with Crippen molar-refractivity contribution >= 4 is 28.8 Å². The molecule has 1 aromatic carbocycles. The van der Waals surface area contributed by atoms with E-state index in [4.69, 9.17) is 17.4 Å². The zero-order valence-electron chi connectivity index (χ0n) is 9.37. The van der Waals surface area contributed by atoms with Crippen molar-refractivity contribution in [1.82, 2.24) is 4.98 Å². The van der Waals surface area contributed by atoms with E-state index in [1.165, 1.54) is 0 Å². The minimum absolute atomic E-state index is 0.606. The maximum atomic E-state index is 6.05. The fourth-order valence-electron chi connectivity index (χ4n) is 1.49. The summed E-state index contributed by atoms with van der Waals surface area (Å²) in [5.41, 5.74) is 5.38.